The molecule has 10 heteroatoms. The van der Waals surface area contributed by atoms with Gasteiger partial charge in [0.15, 0.2) is 0 Å². The summed E-state index contributed by atoms with van der Waals surface area (Å²) < 4.78 is 0. The number of benzene rings is 5. The van der Waals surface area contributed by atoms with Crippen LogP contribution in [0, 0.1) is 0 Å². The molecule has 0 aliphatic rings. The zero-order valence-corrected chi connectivity index (χ0v) is 22.0. The predicted molar refractivity (Wildman–Crippen MR) is 160 cm³/mol. The lowest BCUT2D eigenvalue weighted by molar-refractivity contribution is 0.101. The van der Waals surface area contributed by atoms with Crippen LogP contribution in [0.2, 0.25) is 0 Å². The molecule has 2 amide bonds. The SMILES string of the molecule is O=C(Nc1ccc(N=Nc2ccccc2)cc1)c1cc(O)c(C(=O)Nc2ccc(N=Nc3ccccc3)cc2)cc1O. The maximum Gasteiger partial charge on any atom is 0.259 e. The Hall–Kier alpha value is -6.16. The minimum atomic E-state index is -0.673. The summed E-state index contributed by atoms with van der Waals surface area (Å²) in [6.45, 7) is 0. The highest BCUT2D eigenvalue weighted by molar-refractivity contribution is 6.10. The van der Waals surface area contributed by atoms with Crippen molar-refractivity contribution in [3.05, 3.63) is 132 Å². The number of anilines is 2. The highest BCUT2D eigenvalue weighted by atomic mass is 16.3. The molecule has 0 atom stereocenters. The maximum atomic E-state index is 12.8. The fourth-order valence-corrected chi connectivity index (χ4v) is 3.78. The van der Waals surface area contributed by atoms with Gasteiger partial charge in [0.2, 0.25) is 0 Å². The van der Waals surface area contributed by atoms with E-state index in [0.717, 1.165) is 12.1 Å². The van der Waals surface area contributed by atoms with Gasteiger partial charge in [0.25, 0.3) is 11.8 Å². The van der Waals surface area contributed by atoms with Crippen molar-refractivity contribution < 1.29 is 19.8 Å². The molecule has 42 heavy (non-hydrogen) atoms. The van der Waals surface area contributed by atoms with Crippen molar-refractivity contribution in [3.63, 3.8) is 0 Å². The number of aromatic hydroxyl groups is 2. The van der Waals surface area contributed by atoms with Crippen LogP contribution < -0.4 is 10.6 Å². The van der Waals surface area contributed by atoms with Crippen molar-refractivity contribution in [2.75, 3.05) is 10.6 Å². The van der Waals surface area contributed by atoms with E-state index in [4.69, 9.17) is 0 Å². The van der Waals surface area contributed by atoms with E-state index in [2.05, 4.69) is 31.1 Å². The number of nitrogens with one attached hydrogen (secondary N) is 2. The average Bonchev–Trinajstić information content (AvgIpc) is 3.02. The number of nitrogens with zero attached hydrogens (tertiary/aromatic N) is 4. The van der Waals surface area contributed by atoms with Gasteiger partial charge < -0.3 is 20.8 Å². The van der Waals surface area contributed by atoms with Gasteiger partial charge in [0.1, 0.15) is 11.5 Å². The number of hydrogen-bond acceptors (Lipinski definition) is 8. The van der Waals surface area contributed by atoms with Gasteiger partial charge in [0, 0.05) is 11.4 Å². The summed E-state index contributed by atoms with van der Waals surface area (Å²) in [5, 5.41) is 42.9. The average molecular weight is 557 g/mol. The first kappa shape index (κ1) is 27.4. The molecule has 0 heterocycles. The van der Waals surface area contributed by atoms with Crippen molar-refractivity contribution in [3.8, 4) is 11.5 Å². The Labute approximate surface area is 240 Å². The van der Waals surface area contributed by atoms with Gasteiger partial charge in [-0.3, -0.25) is 9.59 Å². The molecule has 10 nitrogen and oxygen atoms in total. The molecule has 0 aliphatic carbocycles. The third kappa shape index (κ3) is 7.07. The van der Waals surface area contributed by atoms with Crippen molar-refractivity contribution in [2.45, 2.75) is 0 Å². The molecule has 0 saturated carbocycles. The van der Waals surface area contributed by atoms with Crippen molar-refractivity contribution >= 4 is 45.9 Å². The van der Waals surface area contributed by atoms with Crippen LogP contribution in [-0.2, 0) is 0 Å². The second-order valence-electron chi connectivity index (χ2n) is 8.96. The number of phenolic OH excluding ortho intramolecular Hbond substituents is 2. The minimum absolute atomic E-state index is 0.204. The fraction of sp³-hybridized carbons (Fsp3) is 0. The second-order valence-corrected chi connectivity index (χ2v) is 8.96. The molecule has 206 valence electrons. The summed E-state index contributed by atoms with van der Waals surface area (Å²) in [6, 6.07) is 33.8. The molecule has 5 rings (SSSR count). The van der Waals surface area contributed by atoms with Crippen LogP contribution in [0.3, 0.4) is 0 Å². The third-order valence-electron chi connectivity index (χ3n) is 5.93. The number of rotatable bonds is 8. The first-order valence-electron chi connectivity index (χ1n) is 12.8. The monoisotopic (exact) mass is 556 g/mol. The molecule has 0 bridgehead atoms. The zero-order chi connectivity index (χ0) is 29.3. The van der Waals surface area contributed by atoms with E-state index in [-0.39, 0.29) is 11.1 Å². The first-order valence-corrected chi connectivity index (χ1v) is 12.8. The van der Waals surface area contributed by atoms with Gasteiger partial charge in [0.05, 0.1) is 33.9 Å². The largest absolute Gasteiger partial charge is 0.507 e. The number of amides is 2. The zero-order valence-electron chi connectivity index (χ0n) is 22.0. The lowest BCUT2D eigenvalue weighted by Gasteiger charge is -2.11. The molecule has 5 aromatic carbocycles. The molecular weight excluding hydrogens is 532 g/mol. The number of phenols is 2. The molecular formula is C32H24N6O4. The van der Waals surface area contributed by atoms with Gasteiger partial charge in [-0.15, -0.1) is 0 Å². The lowest BCUT2D eigenvalue weighted by Crippen LogP contribution is -2.15. The Morgan fingerprint density at radius 2 is 0.762 bits per heavy atom. The van der Waals surface area contributed by atoms with Crippen molar-refractivity contribution in [2.24, 2.45) is 20.5 Å². The number of carbonyl (C=O) groups is 2. The van der Waals surface area contributed by atoms with Gasteiger partial charge in [-0.1, -0.05) is 36.4 Å². The summed E-state index contributed by atoms with van der Waals surface area (Å²) >= 11 is 0. The standard InChI is InChI=1S/C32H24N6O4/c39-29-20-28(32(42)34-22-13-17-26(18-14-22)38-36-24-9-5-2-6-10-24)30(40)19-27(29)31(41)33-21-11-15-25(16-12-21)37-35-23-7-3-1-4-8-23/h1-20,39-40H,(H,33,41)(H,34,42). The summed E-state index contributed by atoms with van der Waals surface area (Å²) in [6.07, 6.45) is 0. The number of carbonyl (C=O) groups excluding carboxylic acids is 2. The molecule has 0 aliphatic heterocycles. The molecule has 0 fully saturated rings. The maximum absolute atomic E-state index is 12.8. The topological polar surface area (TPSA) is 148 Å². The van der Waals surface area contributed by atoms with Crippen LogP contribution in [0.25, 0.3) is 0 Å². The third-order valence-corrected chi connectivity index (χ3v) is 5.93. The number of hydrogen-bond donors (Lipinski definition) is 4. The van der Waals surface area contributed by atoms with E-state index in [0.29, 0.717) is 34.1 Å². The Morgan fingerprint density at radius 3 is 1.10 bits per heavy atom. The minimum Gasteiger partial charge on any atom is -0.507 e. The summed E-state index contributed by atoms with van der Waals surface area (Å²) in [4.78, 5) is 25.6. The van der Waals surface area contributed by atoms with Crippen molar-refractivity contribution in [1.29, 1.82) is 0 Å². The van der Waals surface area contributed by atoms with E-state index in [1.807, 2.05) is 60.7 Å². The van der Waals surface area contributed by atoms with Crippen LogP contribution in [0.4, 0.5) is 34.1 Å². The fourth-order valence-electron chi connectivity index (χ4n) is 3.78. The van der Waals surface area contributed by atoms with Crippen LogP contribution in [-0.4, -0.2) is 22.0 Å². The van der Waals surface area contributed by atoms with Gasteiger partial charge in [-0.05, 0) is 84.9 Å². The van der Waals surface area contributed by atoms with E-state index >= 15 is 0 Å². The van der Waals surface area contributed by atoms with Gasteiger partial charge >= 0.3 is 0 Å². The van der Waals surface area contributed by atoms with E-state index in [1.54, 1.807) is 48.5 Å². The van der Waals surface area contributed by atoms with E-state index in [9.17, 15) is 19.8 Å². The smallest absolute Gasteiger partial charge is 0.259 e. The quantitative estimate of drug-likeness (QED) is 0.112. The normalized spacial score (nSPS) is 11.0. The van der Waals surface area contributed by atoms with Crippen LogP contribution in [0.5, 0.6) is 11.5 Å². The molecule has 4 N–H and O–H groups in total. The molecule has 0 saturated heterocycles. The Bertz CT molecular complexity index is 1620. The first-order chi connectivity index (χ1) is 20.4. The molecule has 0 aromatic heterocycles. The van der Waals surface area contributed by atoms with E-state index in [1.165, 1.54) is 0 Å². The Morgan fingerprint density at radius 1 is 0.452 bits per heavy atom. The number of azo groups is 2. The second kappa shape index (κ2) is 12.8. The summed E-state index contributed by atoms with van der Waals surface area (Å²) in [7, 11) is 0. The van der Waals surface area contributed by atoms with Crippen LogP contribution in [0.1, 0.15) is 20.7 Å². The highest BCUT2D eigenvalue weighted by Gasteiger charge is 2.19. The van der Waals surface area contributed by atoms with Crippen LogP contribution in [0.15, 0.2) is 142 Å². The summed E-state index contributed by atoms with van der Waals surface area (Å²) in [5.74, 6) is -2.29. The predicted octanol–water partition coefficient (Wildman–Crippen LogP) is 8.43. The summed E-state index contributed by atoms with van der Waals surface area (Å²) in [5.41, 5.74) is 3.05. The van der Waals surface area contributed by atoms with Gasteiger partial charge in [-0.2, -0.15) is 20.5 Å². The van der Waals surface area contributed by atoms with E-state index < -0.39 is 23.3 Å². The molecule has 0 radical (unpaired) electrons. The van der Waals surface area contributed by atoms with Crippen molar-refractivity contribution in [1.82, 2.24) is 0 Å². The Kier molecular flexibility index (Phi) is 8.35. The Balaban J connectivity index is 1.21. The molecule has 0 unspecified atom stereocenters. The van der Waals surface area contributed by atoms with Crippen LogP contribution >= 0.6 is 0 Å². The molecule has 0 spiro atoms. The van der Waals surface area contributed by atoms with Gasteiger partial charge in [-0.25, -0.2) is 0 Å². The highest BCUT2D eigenvalue weighted by Crippen LogP contribution is 2.30. The molecule has 5 aromatic rings. The lowest BCUT2D eigenvalue weighted by atomic mass is 10.1.